The second-order valence-corrected chi connectivity index (χ2v) is 9.12. The lowest BCUT2D eigenvalue weighted by atomic mass is 9.97. The quantitative estimate of drug-likeness (QED) is 0.405. The minimum atomic E-state index is -0.265. The van der Waals surface area contributed by atoms with Gasteiger partial charge in [0.15, 0.2) is 5.89 Å². The molecule has 1 aliphatic heterocycles. The number of aryl methyl sites for hydroxylation is 1. The highest BCUT2D eigenvalue weighted by Crippen LogP contribution is 2.29. The van der Waals surface area contributed by atoms with E-state index in [1.807, 2.05) is 30.0 Å². The Morgan fingerprint density at radius 3 is 2.88 bits per heavy atom. The number of pyridine rings is 1. The van der Waals surface area contributed by atoms with Gasteiger partial charge in [0.1, 0.15) is 11.6 Å². The van der Waals surface area contributed by atoms with Crippen molar-refractivity contribution >= 4 is 17.2 Å². The maximum atomic E-state index is 13.4. The van der Waals surface area contributed by atoms with Crippen LogP contribution in [0.3, 0.4) is 0 Å². The molecule has 1 saturated heterocycles. The van der Waals surface area contributed by atoms with Gasteiger partial charge in [0.25, 0.3) is 5.91 Å². The number of amides is 1. The molecule has 0 unspecified atom stereocenters. The van der Waals surface area contributed by atoms with Crippen molar-refractivity contribution in [2.24, 2.45) is 0 Å². The Kier molecular flexibility index (Phi) is 6.00. The fourth-order valence-electron chi connectivity index (χ4n) is 4.19. The predicted molar refractivity (Wildman–Crippen MR) is 124 cm³/mol. The first-order valence-corrected chi connectivity index (χ1v) is 11.8. The Hall–Kier alpha value is -3.39. The topological polar surface area (TPSA) is 72.1 Å². The lowest BCUT2D eigenvalue weighted by molar-refractivity contribution is 0.0697. The Morgan fingerprint density at radius 1 is 1.21 bits per heavy atom. The second-order valence-electron chi connectivity index (χ2n) is 8.26. The van der Waals surface area contributed by atoms with Crippen molar-refractivity contribution in [2.45, 2.75) is 32.1 Å². The lowest BCUT2D eigenvalue weighted by Gasteiger charge is -2.31. The first kappa shape index (κ1) is 21.5. The third-order valence-corrected chi connectivity index (χ3v) is 6.84. The van der Waals surface area contributed by atoms with Crippen molar-refractivity contribution in [3.05, 3.63) is 88.6 Å². The Balaban J connectivity index is 1.26. The number of benzene rings is 1. The van der Waals surface area contributed by atoms with Gasteiger partial charge >= 0.3 is 0 Å². The second kappa shape index (κ2) is 9.23. The number of oxazole rings is 1. The van der Waals surface area contributed by atoms with Crippen LogP contribution >= 0.6 is 11.3 Å². The van der Waals surface area contributed by atoms with Gasteiger partial charge in [0, 0.05) is 25.7 Å². The molecule has 1 aliphatic rings. The molecule has 0 N–H and O–H groups in total. The van der Waals surface area contributed by atoms with Gasteiger partial charge in [-0.1, -0.05) is 12.1 Å². The third-order valence-electron chi connectivity index (χ3n) is 5.89. The van der Waals surface area contributed by atoms with Crippen molar-refractivity contribution in [2.75, 3.05) is 13.1 Å². The van der Waals surface area contributed by atoms with E-state index in [2.05, 4.69) is 15.0 Å². The maximum absolute atomic E-state index is 13.4. The van der Waals surface area contributed by atoms with Crippen LogP contribution in [0, 0.1) is 12.7 Å². The van der Waals surface area contributed by atoms with Gasteiger partial charge in [-0.15, -0.1) is 11.3 Å². The number of hydrogen-bond donors (Lipinski definition) is 0. The Morgan fingerprint density at radius 2 is 2.12 bits per heavy atom. The van der Waals surface area contributed by atoms with Gasteiger partial charge in [-0.05, 0) is 49.6 Å². The summed E-state index contributed by atoms with van der Waals surface area (Å²) in [7, 11) is 0. The molecule has 1 atom stereocenters. The number of thiazole rings is 1. The highest BCUT2D eigenvalue weighted by Gasteiger charge is 2.28. The van der Waals surface area contributed by atoms with Crippen LogP contribution in [0.2, 0.25) is 0 Å². The minimum absolute atomic E-state index is 0.0358. The summed E-state index contributed by atoms with van der Waals surface area (Å²) in [5.74, 6) is 1.06. The Bertz CT molecular complexity index is 1270. The number of carbonyl (C=O) groups is 1. The first-order chi connectivity index (χ1) is 16.1. The summed E-state index contributed by atoms with van der Waals surface area (Å²) in [5, 5.41) is 0. The maximum Gasteiger partial charge on any atom is 0.255 e. The smallest absolute Gasteiger partial charge is 0.255 e. The fourth-order valence-corrected chi connectivity index (χ4v) is 4.97. The molecule has 168 valence electrons. The summed E-state index contributed by atoms with van der Waals surface area (Å²) in [6, 6.07) is 10.2. The summed E-state index contributed by atoms with van der Waals surface area (Å²) < 4.78 is 19.4. The molecule has 1 aromatic carbocycles. The number of rotatable bonds is 5. The van der Waals surface area contributed by atoms with E-state index in [1.165, 1.54) is 12.1 Å². The molecular formula is C25H23FN4O2S. The molecule has 4 aromatic rings. The standard InChI is InChI=1S/C25H23FN4O2S/c1-16-23(33-15-29-16)22-8-7-18(12-27-22)25(31)30-9-3-5-19(14-30)24-28-13-21(32-24)11-17-4-2-6-20(26)10-17/h2,4,6-8,10,12-13,15,19H,3,5,9,11,14H2,1H3/t19-/m1/s1. The van der Waals surface area contributed by atoms with Crippen LogP contribution in [-0.4, -0.2) is 38.8 Å². The number of nitrogens with zero attached hydrogens (tertiary/aromatic N) is 4. The summed E-state index contributed by atoms with van der Waals surface area (Å²) in [4.78, 5) is 29.2. The van der Waals surface area contributed by atoms with E-state index in [-0.39, 0.29) is 17.6 Å². The molecule has 0 saturated carbocycles. The predicted octanol–water partition coefficient (Wildman–Crippen LogP) is 5.25. The number of likely N-dealkylation sites (tertiary alicyclic amines) is 1. The zero-order valence-electron chi connectivity index (χ0n) is 18.2. The molecule has 1 fully saturated rings. The van der Waals surface area contributed by atoms with Crippen molar-refractivity contribution in [3.63, 3.8) is 0 Å². The van der Waals surface area contributed by atoms with Crippen LogP contribution in [0.1, 0.15) is 52.0 Å². The molecule has 33 heavy (non-hydrogen) atoms. The van der Waals surface area contributed by atoms with E-state index in [0.29, 0.717) is 36.7 Å². The number of halogens is 1. The average molecular weight is 463 g/mol. The summed E-state index contributed by atoms with van der Waals surface area (Å²) in [5.41, 5.74) is 4.97. The van der Waals surface area contributed by atoms with Crippen LogP contribution in [-0.2, 0) is 6.42 Å². The van der Waals surface area contributed by atoms with Gasteiger partial charge in [0.2, 0.25) is 0 Å². The van der Waals surface area contributed by atoms with Crippen molar-refractivity contribution in [1.82, 2.24) is 19.9 Å². The van der Waals surface area contributed by atoms with Gasteiger partial charge < -0.3 is 9.32 Å². The Labute approximate surface area is 195 Å². The monoisotopic (exact) mass is 462 g/mol. The average Bonchev–Trinajstić information content (AvgIpc) is 3.48. The minimum Gasteiger partial charge on any atom is -0.445 e. The van der Waals surface area contributed by atoms with Gasteiger partial charge in [-0.2, -0.15) is 0 Å². The fraction of sp³-hybridized carbons (Fsp3) is 0.280. The molecule has 8 heteroatoms. The number of carbonyl (C=O) groups excluding carboxylic acids is 1. The van der Waals surface area contributed by atoms with Crippen LogP contribution in [0.15, 0.2) is 58.7 Å². The molecule has 0 aliphatic carbocycles. The molecule has 6 nitrogen and oxygen atoms in total. The van der Waals surface area contributed by atoms with Crippen molar-refractivity contribution < 1.29 is 13.6 Å². The number of aromatic nitrogens is 3. The molecule has 5 rings (SSSR count). The molecular weight excluding hydrogens is 439 g/mol. The number of piperidine rings is 1. The summed E-state index contributed by atoms with van der Waals surface area (Å²) >= 11 is 1.54. The van der Waals surface area contributed by atoms with Crippen LogP contribution in [0.5, 0.6) is 0 Å². The van der Waals surface area contributed by atoms with Crippen LogP contribution < -0.4 is 0 Å². The van der Waals surface area contributed by atoms with Crippen LogP contribution in [0.4, 0.5) is 4.39 Å². The zero-order chi connectivity index (χ0) is 22.8. The summed E-state index contributed by atoms with van der Waals surface area (Å²) in [6.07, 6.45) is 5.61. The van der Waals surface area contributed by atoms with Gasteiger partial charge in [-0.25, -0.2) is 14.4 Å². The SMILES string of the molecule is Cc1ncsc1-c1ccc(C(=O)N2CCC[C@@H](c3ncc(Cc4cccc(F)c4)o3)C2)cn1. The van der Waals surface area contributed by atoms with E-state index < -0.39 is 0 Å². The molecule has 4 heterocycles. The summed E-state index contributed by atoms with van der Waals surface area (Å²) in [6.45, 7) is 3.20. The highest BCUT2D eigenvalue weighted by molar-refractivity contribution is 7.13. The van der Waals surface area contributed by atoms with Gasteiger partial charge in [-0.3, -0.25) is 9.78 Å². The molecule has 0 radical (unpaired) electrons. The van der Waals surface area contributed by atoms with Gasteiger partial charge in [0.05, 0.1) is 39.5 Å². The van der Waals surface area contributed by atoms with E-state index in [9.17, 15) is 9.18 Å². The first-order valence-electron chi connectivity index (χ1n) is 10.9. The van der Waals surface area contributed by atoms with E-state index in [1.54, 1.807) is 35.3 Å². The van der Waals surface area contributed by atoms with Crippen LogP contribution in [0.25, 0.3) is 10.6 Å². The largest absolute Gasteiger partial charge is 0.445 e. The zero-order valence-corrected chi connectivity index (χ0v) is 19.0. The third kappa shape index (κ3) is 4.71. The van der Waals surface area contributed by atoms with Crippen molar-refractivity contribution in [1.29, 1.82) is 0 Å². The molecule has 1 amide bonds. The van der Waals surface area contributed by atoms with E-state index >= 15 is 0 Å². The normalized spacial score (nSPS) is 16.2. The number of hydrogen-bond acceptors (Lipinski definition) is 6. The van der Waals surface area contributed by atoms with E-state index in [0.717, 1.165) is 34.7 Å². The molecule has 0 bridgehead atoms. The molecule has 0 spiro atoms. The molecule has 3 aromatic heterocycles. The van der Waals surface area contributed by atoms with E-state index in [4.69, 9.17) is 4.42 Å². The van der Waals surface area contributed by atoms with Crippen molar-refractivity contribution in [3.8, 4) is 10.6 Å². The lowest BCUT2D eigenvalue weighted by Crippen LogP contribution is -2.39. The highest BCUT2D eigenvalue weighted by atomic mass is 32.1.